The van der Waals surface area contributed by atoms with Crippen LogP contribution in [0.15, 0.2) is 73.4 Å². The van der Waals surface area contributed by atoms with Gasteiger partial charge in [0, 0.05) is 21.8 Å². The molecule has 0 amide bonds. The van der Waals surface area contributed by atoms with E-state index in [0.29, 0.717) is 0 Å². The highest BCUT2D eigenvalue weighted by Gasteiger charge is 2.26. The summed E-state index contributed by atoms with van der Waals surface area (Å²) in [6.07, 6.45) is 18.4. The molecular formula is C31H30F2NP. The van der Waals surface area contributed by atoms with E-state index in [4.69, 9.17) is 6.13 Å². The van der Waals surface area contributed by atoms with Crippen LogP contribution in [0.4, 0.5) is 8.78 Å². The molecular weight excluding hydrogens is 455 g/mol. The minimum atomic E-state index is -1.01. The smallest absolute Gasteiger partial charge is 0.128 e. The number of nitrogens with zero attached hydrogens (tertiary/aromatic N) is 1. The number of hydrogen-bond acceptors (Lipinski definition) is 0. The molecule has 1 unspecified atom stereocenters. The van der Waals surface area contributed by atoms with Crippen LogP contribution in [0, 0.1) is 24.7 Å². The van der Waals surface area contributed by atoms with Gasteiger partial charge in [-0.1, -0.05) is 63.9 Å². The molecule has 0 saturated carbocycles. The molecule has 35 heavy (non-hydrogen) atoms. The number of aromatic nitrogens is 1. The molecule has 1 aliphatic carbocycles. The predicted octanol–water partition coefficient (Wildman–Crippen LogP) is 9.27. The summed E-state index contributed by atoms with van der Waals surface area (Å²) in [5.74, 6) is -0.908. The quantitative estimate of drug-likeness (QED) is 0.317. The fourth-order valence-corrected chi connectivity index (χ4v) is 5.59. The van der Waals surface area contributed by atoms with Gasteiger partial charge in [0.05, 0.1) is 17.8 Å². The molecule has 1 aliphatic rings. The van der Waals surface area contributed by atoms with E-state index >= 15 is 0 Å². The van der Waals surface area contributed by atoms with E-state index in [9.17, 15) is 8.78 Å². The second kappa shape index (κ2) is 10.1. The van der Waals surface area contributed by atoms with Crippen LogP contribution in [0.2, 0.25) is 0 Å². The van der Waals surface area contributed by atoms with Crippen LogP contribution in [0.5, 0.6) is 0 Å². The van der Waals surface area contributed by atoms with Crippen LogP contribution in [0.3, 0.4) is 0 Å². The van der Waals surface area contributed by atoms with Gasteiger partial charge in [0.25, 0.3) is 0 Å². The van der Waals surface area contributed by atoms with Gasteiger partial charge in [-0.2, -0.15) is 0 Å². The van der Waals surface area contributed by atoms with Gasteiger partial charge in [-0.15, -0.1) is 6.13 Å². The Morgan fingerprint density at radius 2 is 2.00 bits per heavy atom. The summed E-state index contributed by atoms with van der Waals surface area (Å²) in [4.78, 5) is 0. The fourth-order valence-electron chi connectivity index (χ4n) is 4.71. The van der Waals surface area contributed by atoms with Crippen LogP contribution in [-0.2, 0) is 6.54 Å². The molecule has 4 heteroatoms. The fraction of sp³-hybridized carbons (Fsp3) is 0.194. The molecule has 1 heterocycles. The lowest BCUT2D eigenvalue weighted by atomic mass is 9.88. The van der Waals surface area contributed by atoms with E-state index in [-0.39, 0.29) is 12.1 Å². The first-order chi connectivity index (χ1) is 16.8. The lowest BCUT2D eigenvalue weighted by molar-refractivity contribution is 0.578. The molecule has 178 valence electrons. The topological polar surface area (TPSA) is 4.93 Å². The molecule has 2 aromatic carbocycles. The highest BCUT2D eigenvalue weighted by atomic mass is 31.1. The average molecular weight is 486 g/mol. The Bertz CT molecular complexity index is 1520. The minimum Gasteiger partial charge on any atom is -0.335 e. The van der Waals surface area contributed by atoms with Crippen LogP contribution >= 0.6 is 7.38 Å². The summed E-state index contributed by atoms with van der Waals surface area (Å²) < 4.78 is 31.0. The zero-order valence-corrected chi connectivity index (χ0v) is 21.4. The Morgan fingerprint density at radius 3 is 2.69 bits per heavy atom. The molecule has 0 radical (unpaired) electrons. The van der Waals surface area contributed by atoms with Gasteiger partial charge in [0.2, 0.25) is 0 Å². The third-order valence-electron chi connectivity index (χ3n) is 6.53. The van der Waals surface area contributed by atoms with Gasteiger partial charge < -0.3 is 4.57 Å². The maximum Gasteiger partial charge on any atom is 0.128 e. The zero-order valence-electron chi connectivity index (χ0n) is 20.5. The summed E-state index contributed by atoms with van der Waals surface area (Å²) in [6.45, 7) is 15.1. The van der Waals surface area contributed by atoms with Gasteiger partial charge in [-0.3, -0.25) is 0 Å². The normalized spacial score (nSPS) is 14.1. The van der Waals surface area contributed by atoms with Gasteiger partial charge in [-0.25, -0.2) is 8.78 Å². The molecule has 0 N–H and O–H groups in total. The second-order valence-electron chi connectivity index (χ2n) is 8.78. The van der Waals surface area contributed by atoms with E-state index < -0.39 is 19.0 Å². The number of aryl methyl sites for hydroxylation is 1. The molecule has 1 aromatic heterocycles. The van der Waals surface area contributed by atoms with Gasteiger partial charge in [-0.05, 0) is 73.0 Å². The third kappa shape index (κ3) is 4.50. The summed E-state index contributed by atoms with van der Waals surface area (Å²) in [6, 6.07) is 7.72. The van der Waals surface area contributed by atoms with Crippen molar-refractivity contribution in [2.75, 3.05) is 6.16 Å². The average Bonchev–Trinajstić information content (AvgIpc) is 3.16. The molecule has 0 aliphatic heterocycles. The Kier molecular flexibility index (Phi) is 7.13. The van der Waals surface area contributed by atoms with Gasteiger partial charge in [0.15, 0.2) is 0 Å². The SMILES string of the molecule is C#P(CC)C(=C)c1c(C2=CC=CCC2=C)c2c(/C=C\C)c(C)ccc2n1Cc1cc(F)ccc1F. The van der Waals surface area contributed by atoms with E-state index in [0.717, 1.165) is 68.4 Å². The van der Waals surface area contributed by atoms with Crippen LogP contribution in [0.25, 0.3) is 27.9 Å². The molecule has 1 atom stereocenters. The largest absolute Gasteiger partial charge is 0.335 e. The summed E-state index contributed by atoms with van der Waals surface area (Å²) >= 11 is 0. The summed E-state index contributed by atoms with van der Waals surface area (Å²) in [5.41, 5.74) is 7.36. The van der Waals surface area contributed by atoms with Crippen LogP contribution < -0.4 is 0 Å². The molecule has 3 aromatic rings. The number of halogens is 2. The number of allylic oxidation sites excluding steroid dienone is 6. The van der Waals surface area contributed by atoms with Crippen molar-refractivity contribution < 1.29 is 8.78 Å². The Morgan fingerprint density at radius 1 is 1.23 bits per heavy atom. The zero-order chi connectivity index (χ0) is 25.3. The first-order valence-corrected chi connectivity index (χ1v) is 13.4. The molecule has 0 bridgehead atoms. The Hall–Kier alpha value is -3.38. The Labute approximate surface area is 207 Å². The monoisotopic (exact) mass is 485 g/mol. The van der Waals surface area contributed by atoms with Crippen molar-refractivity contribution in [1.82, 2.24) is 4.57 Å². The Balaban J connectivity index is 2.18. The standard InChI is InChI=1S/C31H30F2NP/c1-7-11-25-21(4)14-17-28-29(25)30(26-13-10-9-12-20(26)3)31(22(5)35(6)8-2)34(28)19-23-18-24(32)15-16-27(23)33/h6-7,9-11,13-18H,3,5,8,12,19H2,1-2,4H3/b11-7-. The second-order valence-corrected chi connectivity index (χ2v) is 10.9. The van der Waals surface area contributed by atoms with Crippen molar-refractivity contribution in [3.63, 3.8) is 0 Å². The van der Waals surface area contributed by atoms with Crippen LogP contribution in [0.1, 0.15) is 48.2 Å². The summed E-state index contributed by atoms with van der Waals surface area (Å²) in [5, 5.41) is 1.89. The number of benzene rings is 2. The number of rotatable bonds is 5. The van der Waals surface area contributed by atoms with Gasteiger partial charge >= 0.3 is 0 Å². The van der Waals surface area contributed by atoms with E-state index in [1.165, 1.54) is 12.1 Å². The van der Waals surface area contributed by atoms with E-state index in [1.54, 1.807) is 0 Å². The number of hydrogen-bond donors (Lipinski definition) is 0. The highest BCUT2D eigenvalue weighted by molar-refractivity contribution is 7.58. The minimum absolute atomic E-state index is 0.162. The van der Waals surface area contributed by atoms with Crippen molar-refractivity contribution in [1.29, 1.82) is 0 Å². The molecule has 0 saturated heterocycles. The van der Waals surface area contributed by atoms with Crippen molar-refractivity contribution in [3.05, 3.63) is 113 Å². The third-order valence-corrected chi connectivity index (χ3v) is 8.12. The first-order valence-electron chi connectivity index (χ1n) is 11.8. The summed E-state index contributed by atoms with van der Waals surface area (Å²) in [7, 11) is -1.01. The molecule has 0 spiro atoms. The van der Waals surface area contributed by atoms with Crippen molar-refractivity contribution >= 4 is 35.2 Å². The van der Waals surface area contributed by atoms with Crippen molar-refractivity contribution in [2.45, 2.75) is 33.7 Å². The molecule has 0 fully saturated rings. The van der Waals surface area contributed by atoms with Crippen molar-refractivity contribution in [2.24, 2.45) is 0 Å². The molecule has 4 rings (SSSR count). The highest BCUT2D eigenvalue weighted by Crippen LogP contribution is 2.47. The van der Waals surface area contributed by atoms with Gasteiger partial charge in [0.1, 0.15) is 11.6 Å². The van der Waals surface area contributed by atoms with E-state index in [1.807, 2.05) is 26.0 Å². The predicted molar refractivity (Wildman–Crippen MR) is 149 cm³/mol. The molecule has 1 nitrogen and oxygen atoms in total. The lowest BCUT2D eigenvalue weighted by Gasteiger charge is -2.18. The maximum absolute atomic E-state index is 14.8. The van der Waals surface area contributed by atoms with Crippen LogP contribution in [-0.4, -0.2) is 10.7 Å². The van der Waals surface area contributed by atoms with Crippen molar-refractivity contribution in [3.8, 4) is 6.13 Å². The number of fused-ring (bicyclic) bond motifs is 1. The first kappa shape index (κ1) is 24.7. The maximum atomic E-state index is 14.8. The lowest BCUT2D eigenvalue weighted by Crippen LogP contribution is -2.07. The van der Waals surface area contributed by atoms with E-state index in [2.05, 4.69) is 55.0 Å².